The summed E-state index contributed by atoms with van der Waals surface area (Å²) in [6.45, 7) is 10.1. The Balaban J connectivity index is 3.08. The summed E-state index contributed by atoms with van der Waals surface area (Å²) in [6.07, 6.45) is 7.15. The Morgan fingerprint density at radius 1 is 0.920 bits per heavy atom. The molecule has 0 aromatic heterocycles. The van der Waals surface area contributed by atoms with Crippen LogP contribution in [0.4, 0.5) is 0 Å². The molecule has 25 heavy (non-hydrogen) atoms. The van der Waals surface area contributed by atoms with Crippen LogP contribution in [0.3, 0.4) is 0 Å². The molecule has 0 N–H and O–H groups in total. The standard InChI is InChI=1S/C20H34N2O2S/c1-5-8-9-10-11-20(22(16-6-2)17-7-3)21-25(23,24)19-14-12-18(4)13-15-19/h12-15H,5-11,16-17H2,1-4H3/b21-20-. The highest BCUT2D eigenvalue weighted by molar-refractivity contribution is 7.90. The summed E-state index contributed by atoms with van der Waals surface area (Å²) in [5.41, 5.74) is 1.04. The van der Waals surface area contributed by atoms with Crippen LogP contribution in [0.5, 0.6) is 0 Å². The van der Waals surface area contributed by atoms with E-state index in [0.717, 1.165) is 56.6 Å². The van der Waals surface area contributed by atoms with Crippen LogP contribution in [0.25, 0.3) is 0 Å². The minimum absolute atomic E-state index is 0.275. The molecule has 0 unspecified atom stereocenters. The molecular formula is C20H34N2O2S. The number of rotatable bonds is 11. The minimum atomic E-state index is -3.65. The van der Waals surface area contributed by atoms with Gasteiger partial charge in [-0.15, -0.1) is 4.40 Å². The lowest BCUT2D eigenvalue weighted by atomic mass is 10.1. The van der Waals surface area contributed by atoms with E-state index < -0.39 is 10.0 Å². The molecule has 0 atom stereocenters. The van der Waals surface area contributed by atoms with Gasteiger partial charge < -0.3 is 4.90 Å². The van der Waals surface area contributed by atoms with Gasteiger partial charge in [0, 0.05) is 19.5 Å². The van der Waals surface area contributed by atoms with E-state index in [2.05, 4.69) is 30.1 Å². The Morgan fingerprint density at radius 3 is 2.04 bits per heavy atom. The van der Waals surface area contributed by atoms with Gasteiger partial charge in [-0.05, 0) is 38.3 Å². The van der Waals surface area contributed by atoms with Crippen molar-refractivity contribution in [3.63, 3.8) is 0 Å². The fourth-order valence-electron chi connectivity index (χ4n) is 2.78. The quantitative estimate of drug-likeness (QED) is 0.308. The first-order chi connectivity index (χ1) is 11.9. The normalized spacial score (nSPS) is 12.4. The number of unbranched alkanes of at least 4 members (excludes halogenated alkanes) is 3. The van der Waals surface area contributed by atoms with Gasteiger partial charge in [-0.25, -0.2) is 0 Å². The maximum Gasteiger partial charge on any atom is 0.283 e. The van der Waals surface area contributed by atoms with Crippen LogP contribution >= 0.6 is 0 Å². The number of benzene rings is 1. The highest BCUT2D eigenvalue weighted by Gasteiger charge is 2.17. The van der Waals surface area contributed by atoms with Crippen LogP contribution in [0.15, 0.2) is 33.6 Å². The van der Waals surface area contributed by atoms with E-state index in [1.165, 1.54) is 12.8 Å². The zero-order chi connectivity index (χ0) is 18.7. The predicted molar refractivity (Wildman–Crippen MR) is 107 cm³/mol. The SMILES string of the molecule is CCCCCC/C(=N/S(=O)(=O)c1ccc(C)cc1)N(CCC)CCC. The summed E-state index contributed by atoms with van der Waals surface area (Å²) in [7, 11) is -3.65. The highest BCUT2D eigenvalue weighted by atomic mass is 32.2. The van der Waals surface area contributed by atoms with Gasteiger partial charge in [0.25, 0.3) is 10.0 Å². The second-order valence-corrected chi connectivity index (χ2v) is 8.20. The second kappa shape index (κ2) is 11.3. The Hall–Kier alpha value is -1.36. The molecule has 0 spiro atoms. The third kappa shape index (κ3) is 7.59. The molecule has 1 rings (SSSR count). The molecule has 0 aliphatic heterocycles. The third-order valence-electron chi connectivity index (χ3n) is 4.15. The summed E-state index contributed by atoms with van der Waals surface area (Å²) in [6, 6.07) is 6.93. The van der Waals surface area contributed by atoms with Crippen molar-refractivity contribution < 1.29 is 8.42 Å². The van der Waals surface area contributed by atoms with Crippen molar-refractivity contribution in [2.75, 3.05) is 13.1 Å². The number of nitrogens with zero attached hydrogens (tertiary/aromatic N) is 2. The van der Waals surface area contributed by atoms with E-state index in [4.69, 9.17) is 0 Å². The fraction of sp³-hybridized carbons (Fsp3) is 0.650. The number of sulfonamides is 1. The van der Waals surface area contributed by atoms with E-state index in [-0.39, 0.29) is 4.90 Å². The molecule has 1 aromatic carbocycles. The van der Waals surface area contributed by atoms with Crippen LogP contribution in [0.1, 0.15) is 71.3 Å². The molecule has 0 fully saturated rings. The topological polar surface area (TPSA) is 49.7 Å². The van der Waals surface area contributed by atoms with Gasteiger partial charge in [0.05, 0.1) is 4.90 Å². The lowest BCUT2D eigenvalue weighted by Crippen LogP contribution is -2.33. The second-order valence-electron chi connectivity index (χ2n) is 6.59. The lowest BCUT2D eigenvalue weighted by molar-refractivity contribution is 0.406. The Morgan fingerprint density at radius 2 is 1.52 bits per heavy atom. The van der Waals surface area contributed by atoms with Crippen molar-refractivity contribution in [2.45, 2.75) is 77.5 Å². The average Bonchev–Trinajstić information content (AvgIpc) is 2.58. The molecular weight excluding hydrogens is 332 g/mol. The summed E-state index contributed by atoms with van der Waals surface area (Å²) < 4.78 is 29.7. The molecule has 0 saturated carbocycles. The zero-order valence-corrected chi connectivity index (χ0v) is 17.1. The maximum absolute atomic E-state index is 12.7. The molecule has 0 aliphatic carbocycles. The third-order valence-corrected chi connectivity index (χ3v) is 5.47. The number of aryl methyl sites for hydroxylation is 1. The molecule has 0 radical (unpaired) electrons. The molecule has 0 amide bonds. The van der Waals surface area contributed by atoms with Gasteiger partial charge in [0.2, 0.25) is 0 Å². The smallest absolute Gasteiger partial charge is 0.283 e. The van der Waals surface area contributed by atoms with Crippen molar-refractivity contribution in [3.8, 4) is 0 Å². The molecule has 4 nitrogen and oxygen atoms in total. The largest absolute Gasteiger partial charge is 0.359 e. The van der Waals surface area contributed by atoms with Crippen molar-refractivity contribution in [2.24, 2.45) is 4.40 Å². The van der Waals surface area contributed by atoms with Crippen molar-refractivity contribution >= 4 is 15.9 Å². The van der Waals surface area contributed by atoms with Crippen molar-refractivity contribution in [3.05, 3.63) is 29.8 Å². The molecule has 0 aliphatic rings. The van der Waals surface area contributed by atoms with Gasteiger partial charge in [-0.3, -0.25) is 0 Å². The van der Waals surface area contributed by atoms with Crippen LogP contribution in [-0.4, -0.2) is 32.2 Å². The summed E-state index contributed by atoms with van der Waals surface area (Å²) in [5, 5.41) is 0. The molecule has 0 saturated heterocycles. The number of amidine groups is 1. The van der Waals surface area contributed by atoms with Crippen LogP contribution in [-0.2, 0) is 10.0 Å². The summed E-state index contributed by atoms with van der Waals surface area (Å²) in [4.78, 5) is 2.43. The maximum atomic E-state index is 12.7. The summed E-state index contributed by atoms with van der Waals surface area (Å²) in [5.74, 6) is 0.723. The molecule has 1 aromatic rings. The van der Waals surface area contributed by atoms with E-state index in [1.807, 2.05) is 19.1 Å². The van der Waals surface area contributed by atoms with Crippen LogP contribution in [0.2, 0.25) is 0 Å². The molecule has 142 valence electrons. The van der Waals surface area contributed by atoms with Crippen LogP contribution < -0.4 is 0 Å². The molecule has 5 heteroatoms. The highest BCUT2D eigenvalue weighted by Crippen LogP contribution is 2.16. The first-order valence-corrected chi connectivity index (χ1v) is 11.0. The zero-order valence-electron chi connectivity index (χ0n) is 16.3. The van der Waals surface area contributed by atoms with E-state index in [1.54, 1.807) is 12.1 Å². The van der Waals surface area contributed by atoms with Crippen molar-refractivity contribution in [1.82, 2.24) is 4.90 Å². The van der Waals surface area contributed by atoms with Crippen molar-refractivity contribution in [1.29, 1.82) is 0 Å². The molecule has 0 heterocycles. The Bertz CT molecular complexity index is 616. The minimum Gasteiger partial charge on any atom is -0.359 e. The Labute approximate surface area is 154 Å². The average molecular weight is 367 g/mol. The van der Waals surface area contributed by atoms with Gasteiger partial charge in [-0.1, -0.05) is 57.7 Å². The first-order valence-electron chi connectivity index (χ1n) is 9.60. The summed E-state index contributed by atoms with van der Waals surface area (Å²) >= 11 is 0. The van der Waals surface area contributed by atoms with Gasteiger partial charge in [0.15, 0.2) is 0 Å². The molecule has 0 bridgehead atoms. The number of hydrogen-bond donors (Lipinski definition) is 0. The fourth-order valence-corrected chi connectivity index (χ4v) is 3.85. The Kier molecular flexibility index (Phi) is 9.79. The van der Waals surface area contributed by atoms with E-state index in [0.29, 0.717) is 0 Å². The van der Waals surface area contributed by atoms with Gasteiger partial charge in [-0.2, -0.15) is 8.42 Å². The predicted octanol–water partition coefficient (Wildman–Crippen LogP) is 5.17. The van der Waals surface area contributed by atoms with Crippen LogP contribution in [0, 0.1) is 6.92 Å². The lowest BCUT2D eigenvalue weighted by Gasteiger charge is -2.25. The van der Waals surface area contributed by atoms with Gasteiger partial charge >= 0.3 is 0 Å². The van der Waals surface area contributed by atoms with Gasteiger partial charge in [0.1, 0.15) is 5.84 Å². The van der Waals surface area contributed by atoms with E-state index >= 15 is 0 Å². The monoisotopic (exact) mass is 366 g/mol. The number of hydrogen-bond acceptors (Lipinski definition) is 2. The van der Waals surface area contributed by atoms with E-state index in [9.17, 15) is 8.42 Å². The first kappa shape index (κ1) is 21.7.